The van der Waals surface area contributed by atoms with E-state index in [0.29, 0.717) is 17.4 Å². The van der Waals surface area contributed by atoms with E-state index in [1.165, 1.54) is 5.56 Å². The number of hydrogen-bond donors (Lipinski definition) is 1. The lowest BCUT2D eigenvalue weighted by atomic mass is 9.99. The second kappa shape index (κ2) is 10.4. The Morgan fingerprint density at radius 1 is 1.06 bits per heavy atom. The Bertz CT molecular complexity index is 1060. The summed E-state index contributed by atoms with van der Waals surface area (Å²) < 4.78 is 11.3. The van der Waals surface area contributed by atoms with Crippen LogP contribution in [-0.4, -0.2) is 24.4 Å². The summed E-state index contributed by atoms with van der Waals surface area (Å²) in [5.41, 5.74) is 4.11. The minimum atomic E-state index is -0.961. The van der Waals surface area contributed by atoms with Crippen molar-refractivity contribution in [2.45, 2.75) is 32.8 Å². The Balaban J connectivity index is 1.68. The van der Waals surface area contributed by atoms with Crippen molar-refractivity contribution in [1.29, 1.82) is 0 Å². The molecule has 0 aromatic heterocycles. The van der Waals surface area contributed by atoms with Crippen LogP contribution in [0.5, 0.6) is 11.5 Å². The first-order valence-electron chi connectivity index (χ1n) is 10.3. The van der Waals surface area contributed by atoms with Gasteiger partial charge in [-0.2, -0.15) is 0 Å². The summed E-state index contributed by atoms with van der Waals surface area (Å²) in [6.45, 7) is 4.65. The molecule has 0 aliphatic rings. The molecule has 0 saturated carbocycles. The minimum Gasteiger partial charge on any atom is -0.493 e. The van der Waals surface area contributed by atoms with Gasteiger partial charge in [-0.1, -0.05) is 38.1 Å². The van der Waals surface area contributed by atoms with Crippen LogP contribution in [0.25, 0.3) is 0 Å². The third-order valence-corrected chi connectivity index (χ3v) is 5.19. The van der Waals surface area contributed by atoms with Gasteiger partial charge in [0.2, 0.25) is 0 Å². The molecule has 0 unspecified atom stereocenters. The maximum Gasteiger partial charge on any atom is 0.335 e. The second-order valence-electron chi connectivity index (χ2n) is 7.36. The standard InChI is InChI=1S/C26H27NO4/c1-4-18(2)21-9-11-23(12-10-21)27-16-19-8-13-24(25(15-19)30-3)31-17-20-6-5-7-22(14-20)26(28)29/h5-16,18H,4,17H2,1-3H3,(H,28,29)/t18-/m1/s1. The van der Waals surface area contributed by atoms with Gasteiger partial charge >= 0.3 is 5.97 Å². The molecule has 160 valence electrons. The molecule has 5 heteroatoms. The van der Waals surface area contributed by atoms with E-state index in [2.05, 4.69) is 31.0 Å². The van der Waals surface area contributed by atoms with Gasteiger partial charge in [0, 0.05) is 6.21 Å². The van der Waals surface area contributed by atoms with Gasteiger partial charge in [-0.15, -0.1) is 0 Å². The maximum atomic E-state index is 11.1. The van der Waals surface area contributed by atoms with Crippen LogP contribution in [0, 0.1) is 0 Å². The number of carboxylic acid groups (broad SMARTS) is 1. The number of benzene rings is 3. The molecular formula is C26H27NO4. The second-order valence-corrected chi connectivity index (χ2v) is 7.36. The number of hydrogen-bond acceptors (Lipinski definition) is 4. The Morgan fingerprint density at radius 2 is 1.84 bits per heavy atom. The topological polar surface area (TPSA) is 68.1 Å². The zero-order chi connectivity index (χ0) is 22.2. The Labute approximate surface area is 183 Å². The number of carbonyl (C=O) groups is 1. The average molecular weight is 418 g/mol. The Hall–Kier alpha value is -3.60. The smallest absolute Gasteiger partial charge is 0.335 e. The lowest BCUT2D eigenvalue weighted by molar-refractivity contribution is 0.0696. The van der Waals surface area contributed by atoms with Crippen molar-refractivity contribution in [2.75, 3.05) is 7.11 Å². The highest BCUT2D eigenvalue weighted by atomic mass is 16.5. The molecule has 0 radical (unpaired) electrons. The molecule has 0 fully saturated rings. The first-order valence-corrected chi connectivity index (χ1v) is 10.3. The molecule has 0 aliphatic heterocycles. The molecule has 0 spiro atoms. The van der Waals surface area contributed by atoms with E-state index in [1.54, 1.807) is 31.5 Å². The number of aliphatic imine (C=N–C) groups is 1. The van der Waals surface area contributed by atoms with Crippen LogP contribution in [-0.2, 0) is 6.61 Å². The summed E-state index contributed by atoms with van der Waals surface area (Å²) in [6.07, 6.45) is 2.91. The monoisotopic (exact) mass is 417 g/mol. The average Bonchev–Trinajstić information content (AvgIpc) is 2.81. The third-order valence-electron chi connectivity index (χ3n) is 5.19. The van der Waals surface area contributed by atoms with Crippen LogP contribution in [0.1, 0.15) is 53.2 Å². The Morgan fingerprint density at radius 3 is 2.52 bits per heavy atom. The SMILES string of the molecule is CC[C@@H](C)c1ccc(N=Cc2ccc(OCc3cccc(C(=O)O)c3)c(OC)c2)cc1. The molecule has 1 atom stereocenters. The van der Waals surface area contributed by atoms with E-state index >= 15 is 0 Å². The number of ether oxygens (including phenoxy) is 2. The van der Waals surface area contributed by atoms with Gasteiger partial charge in [0.25, 0.3) is 0 Å². The highest BCUT2D eigenvalue weighted by Gasteiger charge is 2.08. The number of rotatable bonds is 9. The van der Waals surface area contributed by atoms with Crippen molar-refractivity contribution in [3.63, 3.8) is 0 Å². The quantitative estimate of drug-likeness (QED) is 0.419. The Kier molecular flexibility index (Phi) is 7.44. The van der Waals surface area contributed by atoms with Crippen LogP contribution < -0.4 is 9.47 Å². The van der Waals surface area contributed by atoms with Gasteiger partial charge < -0.3 is 14.6 Å². The number of nitrogens with zero attached hydrogens (tertiary/aromatic N) is 1. The van der Waals surface area contributed by atoms with Gasteiger partial charge in [0.15, 0.2) is 11.5 Å². The number of carboxylic acids is 1. The highest BCUT2D eigenvalue weighted by molar-refractivity contribution is 5.87. The van der Waals surface area contributed by atoms with Crippen LogP contribution in [0.4, 0.5) is 5.69 Å². The van der Waals surface area contributed by atoms with Gasteiger partial charge in [-0.25, -0.2) is 4.79 Å². The van der Waals surface area contributed by atoms with Crippen molar-refractivity contribution < 1.29 is 19.4 Å². The molecule has 0 aliphatic carbocycles. The van der Waals surface area contributed by atoms with Crippen molar-refractivity contribution in [1.82, 2.24) is 0 Å². The van der Waals surface area contributed by atoms with Crippen LogP contribution in [0.15, 0.2) is 71.7 Å². The molecule has 1 N–H and O–H groups in total. The van der Waals surface area contributed by atoms with Crippen LogP contribution >= 0.6 is 0 Å². The largest absolute Gasteiger partial charge is 0.493 e. The third kappa shape index (κ3) is 5.95. The summed E-state index contributed by atoms with van der Waals surface area (Å²) in [4.78, 5) is 15.7. The van der Waals surface area contributed by atoms with Crippen molar-refractivity contribution in [3.8, 4) is 11.5 Å². The highest BCUT2D eigenvalue weighted by Crippen LogP contribution is 2.29. The van der Waals surface area contributed by atoms with Gasteiger partial charge in [0.05, 0.1) is 18.4 Å². The molecule has 3 rings (SSSR count). The molecule has 0 bridgehead atoms. The zero-order valence-electron chi connectivity index (χ0n) is 18.0. The minimum absolute atomic E-state index is 0.233. The van der Waals surface area contributed by atoms with E-state index in [4.69, 9.17) is 14.6 Å². The summed E-state index contributed by atoms with van der Waals surface area (Å²) in [5, 5.41) is 9.12. The molecule has 0 saturated heterocycles. The number of methoxy groups -OCH3 is 1. The van der Waals surface area contributed by atoms with Crippen LogP contribution in [0.2, 0.25) is 0 Å². The first kappa shape index (κ1) is 22.1. The normalized spacial score (nSPS) is 12.0. The van der Waals surface area contributed by atoms with Crippen LogP contribution in [0.3, 0.4) is 0 Å². The van der Waals surface area contributed by atoms with Crippen molar-refractivity contribution >= 4 is 17.9 Å². The molecule has 3 aromatic rings. The summed E-state index contributed by atoms with van der Waals surface area (Å²) in [7, 11) is 1.59. The van der Waals surface area contributed by atoms with Gasteiger partial charge in [-0.05, 0) is 71.5 Å². The fourth-order valence-electron chi connectivity index (χ4n) is 3.11. The fraction of sp³-hybridized carbons (Fsp3) is 0.231. The lowest BCUT2D eigenvalue weighted by Crippen LogP contribution is -2.01. The summed E-state index contributed by atoms with van der Waals surface area (Å²) in [6, 6.07) is 20.6. The first-order chi connectivity index (χ1) is 15.0. The van der Waals surface area contributed by atoms with Crippen molar-refractivity contribution in [2.24, 2.45) is 4.99 Å². The van der Waals surface area contributed by atoms with E-state index in [0.717, 1.165) is 23.2 Å². The fourth-order valence-corrected chi connectivity index (χ4v) is 3.11. The predicted molar refractivity (Wildman–Crippen MR) is 123 cm³/mol. The lowest BCUT2D eigenvalue weighted by Gasteiger charge is -2.12. The summed E-state index contributed by atoms with van der Waals surface area (Å²) >= 11 is 0. The predicted octanol–water partition coefficient (Wildman–Crippen LogP) is 6.24. The molecule has 0 amide bonds. The zero-order valence-corrected chi connectivity index (χ0v) is 18.0. The van der Waals surface area contributed by atoms with E-state index in [-0.39, 0.29) is 12.2 Å². The summed E-state index contributed by atoms with van der Waals surface area (Å²) in [5.74, 6) is 0.753. The molecule has 5 nitrogen and oxygen atoms in total. The molecule has 3 aromatic carbocycles. The van der Waals surface area contributed by atoms with E-state index in [1.807, 2.05) is 36.4 Å². The van der Waals surface area contributed by atoms with Gasteiger partial charge in [-0.3, -0.25) is 4.99 Å². The maximum absolute atomic E-state index is 11.1. The molecule has 0 heterocycles. The van der Waals surface area contributed by atoms with Crippen molar-refractivity contribution in [3.05, 3.63) is 89.0 Å². The molecular weight excluding hydrogens is 390 g/mol. The van der Waals surface area contributed by atoms with E-state index in [9.17, 15) is 4.79 Å². The number of aromatic carboxylic acids is 1. The molecule has 31 heavy (non-hydrogen) atoms. The van der Waals surface area contributed by atoms with Gasteiger partial charge in [0.1, 0.15) is 6.61 Å². The van der Waals surface area contributed by atoms with E-state index < -0.39 is 5.97 Å².